The van der Waals surface area contributed by atoms with Crippen LogP contribution in [-0.2, 0) is 33.9 Å². The van der Waals surface area contributed by atoms with Crippen molar-refractivity contribution in [1.82, 2.24) is 0 Å². The van der Waals surface area contributed by atoms with E-state index < -0.39 is 52.2 Å². The standard InChI is InChI=1S/C16H20F2O8S/c17-15(18,27(21,22)23)7-24-13(19)6-12-14(20)26-16(25-12)10-2-8-1-9(4-10)5-11(16)3-8/h8-12H,1-7H2,(H,21,22,23). The van der Waals surface area contributed by atoms with Gasteiger partial charge in [0.2, 0.25) is 5.79 Å². The third-order valence-corrected chi connectivity index (χ3v) is 7.13. The van der Waals surface area contributed by atoms with E-state index in [2.05, 4.69) is 4.74 Å². The normalized spacial score (nSPS) is 40.4. The Hall–Kier alpha value is -1.33. The van der Waals surface area contributed by atoms with Crippen LogP contribution in [0.25, 0.3) is 0 Å². The molecule has 0 aromatic carbocycles. The van der Waals surface area contributed by atoms with Crippen molar-refractivity contribution in [2.24, 2.45) is 23.7 Å². The Morgan fingerprint density at radius 2 is 1.74 bits per heavy atom. The molecule has 1 heterocycles. The molecule has 5 rings (SSSR count). The largest absolute Gasteiger partial charge is 0.458 e. The Morgan fingerprint density at radius 3 is 2.26 bits per heavy atom. The van der Waals surface area contributed by atoms with Gasteiger partial charge in [0.25, 0.3) is 0 Å². The predicted octanol–water partition coefficient (Wildman–Crippen LogP) is 1.49. The predicted molar refractivity (Wildman–Crippen MR) is 82.8 cm³/mol. The molecule has 152 valence electrons. The van der Waals surface area contributed by atoms with E-state index in [1.807, 2.05) is 0 Å². The molecule has 1 unspecified atom stereocenters. The van der Waals surface area contributed by atoms with Crippen molar-refractivity contribution >= 4 is 22.1 Å². The highest BCUT2D eigenvalue weighted by Crippen LogP contribution is 2.61. The Morgan fingerprint density at radius 1 is 1.19 bits per heavy atom. The molecule has 1 aliphatic heterocycles. The lowest BCUT2D eigenvalue weighted by Crippen LogP contribution is -2.58. The van der Waals surface area contributed by atoms with Gasteiger partial charge in [-0.25, -0.2) is 4.79 Å². The Kier molecular flexibility index (Phi) is 4.28. The van der Waals surface area contributed by atoms with Crippen LogP contribution < -0.4 is 0 Å². The van der Waals surface area contributed by atoms with Crippen LogP contribution >= 0.6 is 0 Å². The van der Waals surface area contributed by atoms with E-state index in [1.54, 1.807) is 0 Å². The molecule has 11 heteroatoms. The zero-order chi connectivity index (χ0) is 19.6. The first-order valence-corrected chi connectivity index (χ1v) is 10.4. The Bertz CT molecular complexity index is 736. The first-order valence-electron chi connectivity index (χ1n) is 8.91. The van der Waals surface area contributed by atoms with Gasteiger partial charge in [-0.1, -0.05) is 0 Å². The molecule has 1 saturated heterocycles. The van der Waals surface area contributed by atoms with Gasteiger partial charge in [-0.3, -0.25) is 9.35 Å². The minimum absolute atomic E-state index is 0.0718. The first kappa shape index (κ1) is 19.0. The molecule has 4 aliphatic carbocycles. The number of hydrogen-bond donors (Lipinski definition) is 1. The number of esters is 2. The first-order chi connectivity index (χ1) is 12.5. The quantitative estimate of drug-likeness (QED) is 0.535. The van der Waals surface area contributed by atoms with Crippen LogP contribution in [0.2, 0.25) is 0 Å². The van der Waals surface area contributed by atoms with Crippen molar-refractivity contribution in [3.8, 4) is 0 Å². The van der Waals surface area contributed by atoms with Crippen molar-refractivity contribution in [1.29, 1.82) is 0 Å². The average Bonchev–Trinajstić information content (AvgIpc) is 2.87. The van der Waals surface area contributed by atoms with Gasteiger partial charge in [0.1, 0.15) is 0 Å². The number of ether oxygens (including phenoxy) is 3. The van der Waals surface area contributed by atoms with E-state index >= 15 is 0 Å². The summed E-state index contributed by atoms with van der Waals surface area (Å²) >= 11 is 0. The number of carbonyl (C=O) groups is 2. The molecular formula is C16H20F2O8S. The fraction of sp³-hybridized carbons (Fsp3) is 0.875. The molecule has 0 aromatic heterocycles. The molecule has 27 heavy (non-hydrogen) atoms. The summed E-state index contributed by atoms with van der Waals surface area (Å²) in [6.07, 6.45) is 2.87. The second-order valence-corrected chi connectivity index (χ2v) is 9.58. The lowest BCUT2D eigenvalue weighted by molar-refractivity contribution is -0.290. The number of hydrogen-bond acceptors (Lipinski definition) is 7. The van der Waals surface area contributed by atoms with Gasteiger partial charge < -0.3 is 14.2 Å². The summed E-state index contributed by atoms with van der Waals surface area (Å²) < 4.78 is 71.4. The zero-order valence-corrected chi connectivity index (χ0v) is 15.1. The van der Waals surface area contributed by atoms with Crippen LogP contribution in [0.1, 0.15) is 38.5 Å². The molecule has 4 bridgehead atoms. The summed E-state index contributed by atoms with van der Waals surface area (Å²) in [5.41, 5.74) is 0. The molecule has 1 N–H and O–H groups in total. The number of halogens is 2. The molecule has 4 saturated carbocycles. The highest BCUT2D eigenvalue weighted by atomic mass is 32.2. The topological polar surface area (TPSA) is 116 Å². The van der Waals surface area contributed by atoms with Crippen LogP contribution in [0, 0.1) is 23.7 Å². The van der Waals surface area contributed by atoms with E-state index in [0.717, 1.165) is 25.7 Å². The fourth-order valence-corrected chi connectivity index (χ4v) is 5.50. The van der Waals surface area contributed by atoms with Crippen LogP contribution in [0.4, 0.5) is 8.78 Å². The summed E-state index contributed by atoms with van der Waals surface area (Å²) in [5.74, 6) is -1.67. The molecule has 5 fully saturated rings. The average molecular weight is 410 g/mol. The monoisotopic (exact) mass is 410 g/mol. The highest BCUT2D eigenvalue weighted by Gasteiger charge is 2.65. The maximum atomic E-state index is 13.1. The Balaban J connectivity index is 1.38. The van der Waals surface area contributed by atoms with E-state index in [0.29, 0.717) is 11.8 Å². The summed E-state index contributed by atoms with van der Waals surface area (Å²) in [4.78, 5) is 24.0. The molecule has 0 aromatic rings. The molecule has 8 nitrogen and oxygen atoms in total. The summed E-state index contributed by atoms with van der Waals surface area (Å²) in [6, 6.07) is 0. The summed E-state index contributed by atoms with van der Waals surface area (Å²) in [7, 11) is -5.70. The van der Waals surface area contributed by atoms with E-state index in [-0.39, 0.29) is 11.8 Å². The zero-order valence-electron chi connectivity index (χ0n) is 14.3. The van der Waals surface area contributed by atoms with Gasteiger partial charge >= 0.3 is 27.3 Å². The van der Waals surface area contributed by atoms with Crippen LogP contribution in [0.15, 0.2) is 0 Å². The van der Waals surface area contributed by atoms with Gasteiger partial charge in [-0.05, 0) is 43.9 Å². The maximum Gasteiger partial charge on any atom is 0.402 e. The van der Waals surface area contributed by atoms with Crippen molar-refractivity contribution < 1.29 is 45.6 Å². The van der Waals surface area contributed by atoms with Crippen molar-refractivity contribution in [3.63, 3.8) is 0 Å². The van der Waals surface area contributed by atoms with E-state index in [4.69, 9.17) is 14.0 Å². The molecule has 1 atom stereocenters. The van der Waals surface area contributed by atoms with Crippen LogP contribution in [0.5, 0.6) is 0 Å². The third-order valence-electron chi connectivity index (χ3n) is 6.26. The minimum atomic E-state index is -5.70. The van der Waals surface area contributed by atoms with Gasteiger partial charge in [-0.2, -0.15) is 17.2 Å². The van der Waals surface area contributed by atoms with E-state index in [1.165, 1.54) is 6.42 Å². The second kappa shape index (κ2) is 6.08. The molecule has 0 amide bonds. The second-order valence-electron chi connectivity index (χ2n) is 8.03. The van der Waals surface area contributed by atoms with Gasteiger partial charge in [-0.15, -0.1) is 0 Å². The lowest BCUT2D eigenvalue weighted by atomic mass is 9.53. The van der Waals surface area contributed by atoms with Crippen LogP contribution in [0.3, 0.4) is 0 Å². The van der Waals surface area contributed by atoms with Crippen molar-refractivity contribution in [2.75, 3.05) is 6.61 Å². The minimum Gasteiger partial charge on any atom is -0.458 e. The SMILES string of the molecule is O=C(CC1OC2(OC1=O)C1CC3CC(C1)CC2C3)OCC(F)(F)S(=O)(=O)O. The van der Waals surface area contributed by atoms with Gasteiger partial charge in [0, 0.05) is 11.8 Å². The van der Waals surface area contributed by atoms with Crippen molar-refractivity contribution in [3.05, 3.63) is 0 Å². The number of carbonyl (C=O) groups excluding carboxylic acids is 2. The fourth-order valence-electron chi connectivity index (χ4n) is 5.29. The summed E-state index contributed by atoms with van der Waals surface area (Å²) in [5, 5.41) is -4.62. The third kappa shape index (κ3) is 3.13. The number of alkyl halides is 2. The lowest BCUT2D eigenvalue weighted by Gasteiger charge is -2.57. The van der Waals surface area contributed by atoms with Crippen LogP contribution in [-0.4, -0.2) is 48.7 Å². The Labute approximate surface area is 154 Å². The molecule has 5 aliphatic rings. The maximum absolute atomic E-state index is 13.1. The summed E-state index contributed by atoms with van der Waals surface area (Å²) in [6.45, 7) is -1.84. The van der Waals surface area contributed by atoms with Crippen molar-refractivity contribution in [2.45, 2.75) is 55.7 Å². The van der Waals surface area contributed by atoms with Gasteiger partial charge in [0.05, 0.1) is 6.42 Å². The molecular weight excluding hydrogens is 390 g/mol. The smallest absolute Gasteiger partial charge is 0.402 e. The number of rotatable bonds is 5. The van der Waals surface area contributed by atoms with Gasteiger partial charge in [0.15, 0.2) is 12.7 Å². The molecule has 0 radical (unpaired) electrons. The molecule has 1 spiro atoms. The van der Waals surface area contributed by atoms with E-state index in [9.17, 15) is 26.8 Å². The highest BCUT2D eigenvalue weighted by molar-refractivity contribution is 7.86.